The Bertz CT molecular complexity index is 1220. The number of thiophene rings is 2. The lowest BCUT2D eigenvalue weighted by molar-refractivity contribution is 1.27. The van der Waals surface area contributed by atoms with Crippen molar-refractivity contribution in [3.05, 3.63) is 111 Å². The summed E-state index contributed by atoms with van der Waals surface area (Å²) in [6.45, 7) is 0. The standard InChI is InChI=1S/C27H19NS2/c1-2-6-20-10-15-27(26(20)9-3-1)21-18-22(11-13-24-7-4-16-29-24)28-23(19-21)12-14-25-8-5-17-30-25/h1-19H/b13-11+,14-12+. The van der Waals surface area contributed by atoms with E-state index in [9.17, 15) is 0 Å². The van der Waals surface area contributed by atoms with E-state index < -0.39 is 0 Å². The molecule has 30 heavy (non-hydrogen) atoms. The lowest BCUT2D eigenvalue weighted by Gasteiger charge is -2.06. The fraction of sp³-hybridized carbons (Fsp3) is 0. The summed E-state index contributed by atoms with van der Waals surface area (Å²) < 4.78 is 0. The van der Waals surface area contributed by atoms with Crippen LogP contribution in [0.1, 0.15) is 21.1 Å². The summed E-state index contributed by atoms with van der Waals surface area (Å²) in [5.41, 5.74) is 6.84. The number of aromatic nitrogens is 1. The van der Waals surface area contributed by atoms with Gasteiger partial charge in [-0.25, -0.2) is 4.98 Å². The summed E-state index contributed by atoms with van der Waals surface area (Å²) in [5, 5.41) is 4.18. The normalized spacial score (nSPS) is 11.7. The third-order valence-corrected chi connectivity index (χ3v) is 6.57. The molecular weight excluding hydrogens is 402 g/mol. The van der Waals surface area contributed by atoms with Crippen molar-refractivity contribution in [1.82, 2.24) is 4.98 Å². The van der Waals surface area contributed by atoms with Crippen LogP contribution in [0.15, 0.2) is 89.6 Å². The Labute approximate surface area is 184 Å². The molecule has 0 radical (unpaired) electrons. The third kappa shape index (κ3) is 4.18. The monoisotopic (exact) mass is 421 g/mol. The highest BCUT2D eigenvalue weighted by molar-refractivity contribution is 7.11. The predicted molar refractivity (Wildman–Crippen MR) is 133 cm³/mol. The van der Waals surface area contributed by atoms with Crippen molar-refractivity contribution in [2.75, 3.05) is 0 Å². The highest BCUT2D eigenvalue weighted by Crippen LogP contribution is 2.35. The van der Waals surface area contributed by atoms with E-state index in [2.05, 4.69) is 114 Å². The molecule has 0 spiro atoms. The molecule has 0 unspecified atom stereocenters. The summed E-state index contributed by atoms with van der Waals surface area (Å²) >= 11 is 3.46. The fourth-order valence-corrected chi connectivity index (χ4v) is 4.71. The van der Waals surface area contributed by atoms with E-state index in [0.29, 0.717) is 0 Å². The lowest BCUT2D eigenvalue weighted by atomic mass is 10.0. The van der Waals surface area contributed by atoms with Crippen LogP contribution in [0, 0.1) is 0 Å². The van der Waals surface area contributed by atoms with Crippen LogP contribution in [0.5, 0.6) is 0 Å². The van der Waals surface area contributed by atoms with Gasteiger partial charge in [0.1, 0.15) is 0 Å². The zero-order chi connectivity index (χ0) is 20.2. The van der Waals surface area contributed by atoms with Gasteiger partial charge in [0.2, 0.25) is 0 Å². The van der Waals surface area contributed by atoms with Crippen molar-refractivity contribution in [1.29, 1.82) is 0 Å². The number of fused-ring (bicyclic) bond motifs is 1. The second kappa shape index (κ2) is 8.62. The minimum atomic E-state index is 0.960. The Morgan fingerprint density at radius 2 is 1.17 bits per heavy atom. The van der Waals surface area contributed by atoms with E-state index in [4.69, 9.17) is 4.98 Å². The highest BCUT2D eigenvalue weighted by atomic mass is 32.1. The largest absolute Gasteiger partial charge is 0.249 e. The summed E-state index contributed by atoms with van der Waals surface area (Å²) in [6, 6.07) is 27.7. The number of hydrogen-bond acceptors (Lipinski definition) is 3. The molecular formula is C27H19NS2. The van der Waals surface area contributed by atoms with Crippen LogP contribution in [-0.4, -0.2) is 4.98 Å². The first-order chi connectivity index (χ1) is 14.8. The Balaban J connectivity index is 1.59. The molecule has 3 heteroatoms. The van der Waals surface area contributed by atoms with Gasteiger partial charge in [-0.05, 0) is 81.6 Å². The van der Waals surface area contributed by atoms with Gasteiger partial charge in [-0.1, -0.05) is 54.6 Å². The van der Waals surface area contributed by atoms with Gasteiger partial charge < -0.3 is 0 Å². The molecule has 0 fully saturated rings. The number of nitrogens with zero attached hydrogens (tertiary/aromatic N) is 1. The van der Waals surface area contributed by atoms with E-state index in [0.717, 1.165) is 11.4 Å². The SMILES string of the molecule is C(=C\c1cccs1)/c1cc(-c2ccc3cccccc2-3)cc(/C=C/c2cccs2)n1. The number of pyridine rings is 1. The molecule has 3 heterocycles. The molecule has 1 nitrogen and oxygen atoms in total. The fourth-order valence-electron chi connectivity index (χ4n) is 3.47. The first-order valence-corrected chi connectivity index (χ1v) is 11.5. The second-order valence-corrected chi connectivity index (χ2v) is 8.89. The van der Waals surface area contributed by atoms with Gasteiger partial charge in [0.25, 0.3) is 0 Å². The number of hydrogen-bond donors (Lipinski definition) is 0. The zero-order valence-electron chi connectivity index (χ0n) is 16.2. The van der Waals surface area contributed by atoms with Crippen LogP contribution >= 0.6 is 22.7 Å². The van der Waals surface area contributed by atoms with Crippen LogP contribution < -0.4 is 0 Å². The van der Waals surface area contributed by atoms with Crippen LogP contribution in [0.2, 0.25) is 0 Å². The van der Waals surface area contributed by atoms with Gasteiger partial charge in [0, 0.05) is 9.75 Å². The van der Waals surface area contributed by atoms with Crippen LogP contribution in [0.3, 0.4) is 0 Å². The maximum Gasteiger partial charge on any atom is 0.0643 e. The van der Waals surface area contributed by atoms with Gasteiger partial charge in [-0.15, -0.1) is 22.7 Å². The van der Waals surface area contributed by atoms with Crippen molar-refractivity contribution in [3.8, 4) is 22.3 Å². The smallest absolute Gasteiger partial charge is 0.0643 e. The molecule has 0 aliphatic heterocycles. The Kier molecular flexibility index (Phi) is 5.38. The molecule has 0 atom stereocenters. The van der Waals surface area contributed by atoms with E-state index in [1.807, 2.05) is 0 Å². The topological polar surface area (TPSA) is 12.9 Å². The lowest BCUT2D eigenvalue weighted by Crippen LogP contribution is -1.89. The molecule has 0 saturated carbocycles. The maximum absolute atomic E-state index is 4.87. The quantitative estimate of drug-likeness (QED) is 0.278. The number of rotatable bonds is 5. The van der Waals surface area contributed by atoms with Crippen molar-refractivity contribution in [2.24, 2.45) is 0 Å². The molecule has 0 amide bonds. The van der Waals surface area contributed by atoms with E-state index in [-0.39, 0.29) is 0 Å². The first kappa shape index (κ1) is 18.7. The van der Waals surface area contributed by atoms with E-state index >= 15 is 0 Å². The second-order valence-electron chi connectivity index (χ2n) is 6.93. The molecule has 5 rings (SSSR count). The van der Waals surface area contributed by atoms with Crippen LogP contribution in [0.4, 0.5) is 0 Å². The van der Waals surface area contributed by atoms with E-state index in [1.165, 1.54) is 32.0 Å². The Morgan fingerprint density at radius 3 is 1.80 bits per heavy atom. The minimum Gasteiger partial charge on any atom is -0.249 e. The molecule has 2 aliphatic carbocycles. The maximum atomic E-state index is 4.87. The molecule has 0 N–H and O–H groups in total. The molecule has 3 aromatic rings. The van der Waals surface area contributed by atoms with Gasteiger partial charge in [-0.3, -0.25) is 0 Å². The van der Waals surface area contributed by atoms with Gasteiger partial charge in [-0.2, -0.15) is 0 Å². The van der Waals surface area contributed by atoms with Gasteiger partial charge >= 0.3 is 0 Å². The highest BCUT2D eigenvalue weighted by Gasteiger charge is 2.11. The minimum absolute atomic E-state index is 0.960. The summed E-state index contributed by atoms with van der Waals surface area (Å²) in [5.74, 6) is 0. The molecule has 144 valence electrons. The Hall–Kier alpha value is -3.27. The third-order valence-electron chi connectivity index (χ3n) is 4.89. The molecule has 2 aliphatic rings. The van der Waals surface area contributed by atoms with Crippen molar-refractivity contribution in [2.45, 2.75) is 0 Å². The van der Waals surface area contributed by atoms with Gasteiger partial charge in [0.15, 0.2) is 0 Å². The van der Waals surface area contributed by atoms with Crippen molar-refractivity contribution in [3.63, 3.8) is 0 Å². The first-order valence-electron chi connectivity index (χ1n) is 9.78. The van der Waals surface area contributed by atoms with Crippen LogP contribution in [-0.2, 0) is 0 Å². The zero-order valence-corrected chi connectivity index (χ0v) is 17.9. The summed E-state index contributed by atoms with van der Waals surface area (Å²) in [6.07, 6.45) is 8.46. The molecule has 0 aromatic carbocycles. The van der Waals surface area contributed by atoms with Crippen LogP contribution in [0.25, 0.3) is 46.6 Å². The summed E-state index contributed by atoms with van der Waals surface area (Å²) in [7, 11) is 0. The van der Waals surface area contributed by atoms with Crippen molar-refractivity contribution >= 4 is 47.0 Å². The molecule has 0 bridgehead atoms. The van der Waals surface area contributed by atoms with Gasteiger partial charge in [0.05, 0.1) is 11.4 Å². The van der Waals surface area contributed by atoms with Crippen molar-refractivity contribution < 1.29 is 0 Å². The molecule has 3 aromatic heterocycles. The average molecular weight is 422 g/mol. The Morgan fingerprint density at radius 1 is 0.533 bits per heavy atom. The predicted octanol–water partition coefficient (Wildman–Crippen LogP) is 8.32. The molecule has 0 saturated heterocycles. The van der Waals surface area contributed by atoms with E-state index in [1.54, 1.807) is 22.7 Å². The summed E-state index contributed by atoms with van der Waals surface area (Å²) in [4.78, 5) is 7.32. The average Bonchev–Trinajstić information content (AvgIpc) is 3.51.